The lowest BCUT2D eigenvalue weighted by atomic mass is 10.2. The van der Waals surface area contributed by atoms with Crippen molar-refractivity contribution in [3.63, 3.8) is 0 Å². The number of ether oxygens (including phenoxy) is 2. The van der Waals surface area contributed by atoms with Crippen LogP contribution in [0.2, 0.25) is 0 Å². The number of carboxylic acids is 1. The number of aliphatic carboxylic acids is 1. The minimum atomic E-state index is -0.832. The summed E-state index contributed by atoms with van der Waals surface area (Å²) in [6, 6.07) is 9.33. The molecular weight excluding hydrogens is 352 g/mol. The van der Waals surface area contributed by atoms with Crippen molar-refractivity contribution in [2.75, 3.05) is 18.1 Å². The van der Waals surface area contributed by atoms with Gasteiger partial charge >= 0.3 is 17.9 Å². The molecule has 0 radical (unpaired) electrons. The van der Waals surface area contributed by atoms with Crippen LogP contribution >= 0.6 is 21.6 Å². The van der Waals surface area contributed by atoms with Gasteiger partial charge < -0.3 is 14.6 Å². The molecule has 0 unspecified atom stereocenters. The van der Waals surface area contributed by atoms with E-state index in [0.717, 1.165) is 5.56 Å². The Bertz CT molecular complexity index is 521. The van der Waals surface area contributed by atoms with Crippen LogP contribution in [0.25, 0.3) is 0 Å². The van der Waals surface area contributed by atoms with Crippen LogP contribution in [0.1, 0.15) is 24.8 Å². The molecule has 1 aromatic carbocycles. The third-order valence-electron chi connectivity index (χ3n) is 2.68. The molecule has 0 heterocycles. The minimum Gasteiger partial charge on any atom is -0.481 e. The molecule has 1 N–H and O–H groups in total. The molecule has 8 heteroatoms. The Morgan fingerprint density at radius 3 is 2.17 bits per heavy atom. The number of esters is 2. The smallest absolute Gasteiger partial charge is 0.309 e. The van der Waals surface area contributed by atoms with E-state index in [1.54, 1.807) is 0 Å². The first-order valence-corrected chi connectivity index (χ1v) is 9.88. The maximum atomic E-state index is 11.5. The van der Waals surface area contributed by atoms with Gasteiger partial charge in [0, 0.05) is 11.5 Å². The number of carbonyl (C=O) groups excluding carboxylic acids is 2. The van der Waals surface area contributed by atoms with Crippen molar-refractivity contribution in [3.8, 4) is 0 Å². The van der Waals surface area contributed by atoms with Crippen LogP contribution in [-0.2, 0) is 30.5 Å². The molecule has 0 amide bonds. The average molecular weight is 372 g/mol. The van der Waals surface area contributed by atoms with E-state index in [0.29, 0.717) is 11.5 Å². The topological polar surface area (TPSA) is 89.9 Å². The van der Waals surface area contributed by atoms with Gasteiger partial charge in [0.2, 0.25) is 0 Å². The van der Waals surface area contributed by atoms with E-state index in [9.17, 15) is 14.4 Å². The van der Waals surface area contributed by atoms with Crippen molar-refractivity contribution in [2.45, 2.75) is 25.9 Å². The van der Waals surface area contributed by atoms with E-state index in [4.69, 9.17) is 14.6 Å². The van der Waals surface area contributed by atoms with E-state index in [-0.39, 0.29) is 38.4 Å². The molecule has 0 aliphatic heterocycles. The standard InChI is InChI=1S/C16H20O6S2/c17-14(18)7-10-23-24-11-8-16(20)21-9-6-15(19)22-12-13-4-2-1-3-5-13/h1-5H,6-12H2,(H,17,18). The van der Waals surface area contributed by atoms with E-state index >= 15 is 0 Å². The number of hydrogen-bond acceptors (Lipinski definition) is 7. The third kappa shape index (κ3) is 11.0. The molecule has 0 aromatic heterocycles. The Balaban J connectivity index is 1.98. The molecule has 1 rings (SSSR count). The monoisotopic (exact) mass is 372 g/mol. The van der Waals surface area contributed by atoms with Crippen molar-refractivity contribution in [1.29, 1.82) is 0 Å². The van der Waals surface area contributed by atoms with Crippen LogP contribution in [0, 0.1) is 0 Å². The summed E-state index contributed by atoms with van der Waals surface area (Å²) in [5, 5.41) is 8.47. The summed E-state index contributed by atoms with van der Waals surface area (Å²) < 4.78 is 10.0. The van der Waals surface area contributed by atoms with Crippen molar-refractivity contribution < 1.29 is 29.0 Å². The molecule has 0 fully saturated rings. The van der Waals surface area contributed by atoms with Crippen LogP contribution in [0.15, 0.2) is 30.3 Å². The summed E-state index contributed by atoms with van der Waals surface area (Å²) in [4.78, 5) is 33.3. The van der Waals surface area contributed by atoms with Crippen molar-refractivity contribution in [3.05, 3.63) is 35.9 Å². The number of hydrogen-bond donors (Lipinski definition) is 1. The van der Waals surface area contributed by atoms with Gasteiger partial charge in [-0.3, -0.25) is 14.4 Å². The minimum absolute atomic E-state index is 0.00325. The molecule has 24 heavy (non-hydrogen) atoms. The van der Waals surface area contributed by atoms with Gasteiger partial charge in [-0.1, -0.05) is 51.9 Å². The fourth-order valence-electron chi connectivity index (χ4n) is 1.50. The average Bonchev–Trinajstić information content (AvgIpc) is 2.57. The zero-order chi connectivity index (χ0) is 17.6. The lowest BCUT2D eigenvalue weighted by Gasteiger charge is -2.06. The molecule has 0 saturated carbocycles. The Labute approximate surface area is 148 Å². The van der Waals surface area contributed by atoms with Crippen LogP contribution in [0.5, 0.6) is 0 Å². The van der Waals surface area contributed by atoms with Gasteiger partial charge in [-0.25, -0.2) is 0 Å². The fourth-order valence-corrected chi connectivity index (χ4v) is 3.45. The van der Waals surface area contributed by atoms with E-state index in [1.165, 1.54) is 21.6 Å². The van der Waals surface area contributed by atoms with Gasteiger partial charge in [0.05, 0.1) is 19.3 Å². The summed E-state index contributed by atoms with van der Waals surface area (Å²) in [6.07, 6.45) is 0.357. The molecule has 132 valence electrons. The SMILES string of the molecule is O=C(O)CCSSCCC(=O)OCCC(=O)OCc1ccccc1. The van der Waals surface area contributed by atoms with Crippen LogP contribution < -0.4 is 0 Å². The summed E-state index contributed by atoms with van der Waals surface area (Å²) in [6.45, 7) is 0.209. The second-order valence-electron chi connectivity index (χ2n) is 4.65. The molecule has 0 bridgehead atoms. The Kier molecular flexibility index (Phi) is 10.8. The predicted molar refractivity (Wildman–Crippen MR) is 93.6 cm³/mol. The largest absolute Gasteiger partial charge is 0.481 e. The Morgan fingerprint density at radius 2 is 1.50 bits per heavy atom. The first-order valence-electron chi connectivity index (χ1n) is 7.39. The summed E-state index contributed by atoms with van der Waals surface area (Å²) in [5.41, 5.74) is 0.903. The maximum absolute atomic E-state index is 11.5. The van der Waals surface area contributed by atoms with Crippen molar-refractivity contribution >= 4 is 39.5 Å². The summed E-state index contributed by atoms with van der Waals surface area (Å²) >= 11 is 0. The second kappa shape index (κ2) is 12.7. The quantitative estimate of drug-likeness (QED) is 0.340. The number of benzene rings is 1. The molecule has 6 nitrogen and oxygen atoms in total. The lowest BCUT2D eigenvalue weighted by molar-refractivity contribution is -0.150. The Hall–Kier alpha value is -1.67. The van der Waals surface area contributed by atoms with Gasteiger partial charge in [-0.05, 0) is 5.56 Å². The fraction of sp³-hybridized carbons (Fsp3) is 0.438. The van der Waals surface area contributed by atoms with E-state index in [1.807, 2.05) is 30.3 Å². The van der Waals surface area contributed by atoms with Crippen LogP contribution in [-0.4, -0.2) is 41.1 Å². The van der Waals surface area contributed by atoms with E-state index < -0.39 is 11.9 Å². The first-order chi connectivity index (χ1) is 11.6. The van der Waals surface area contributed by atoms with Gasteiger partial charge in [0.25, 0.3) is 0 Å². The molecule has 0 aliphatic rings. The molecule has 1 aromatic rings. The highest BCUT2D eigenvalue weighted by Gasteiger charge is 2.07. The zero-order valence-corrected chi connectivity index (χ0v) is 14.8. The van der Waals surface area contributed by atoms with Gasteiger partial charge in [0.15, 0.2) is 0 Å². The molecule has 0 atom stereocenters. The van der Waals surface area contributed by atoms with Gasteiger partial charge in [-0.2, -0.15) is 0 Å². The Morgan fingerprint density at radius 1 is 0.875 bits per heavy atom. The summed E-state index contributed by atoms with van der Waals surface area (Å²) in [5.74, 6) is -0.576. The van der Waals surface area contributed by atoms with Gasteiger partial charge in [-0.15, -0.1) is 0 Å². The highest BCUT2D eigenvalue weighted by molar-refractivity contribution is 8.76. The van der Waals surface area contributed by atoms with Crippen LogP contribution in [0.4, 0.5) is 0 Å². The molecular formula is C16H20O6S2. The van der Waals surface area contributed by atoms with Crippen LogP contribution in [0.3, 0.4) is 0 Å². The highest BCUT2D eigenvalue weighted by Crippen LogP contribution is 2.22. The highest BCUT2D eigenvalue weighted by atomic mass is 33.1. The molecule has 0 saturated heterocycles. The third-order valence-corrected chi connectivity index (χ3v) is 5.09. The van der Waals surface area contributed by atoms with Crippen molar-refractivity contribution in [1.82, 2.24) is 0 Å². The lowest BCUT2D eigenvalue weighted by Crippen LogP contribution is -2.12. The molecule has 0 aliphatic carbocycles. The zero-order valence-electron chi connectivity index (χ0n) is 13.1. The summed E-state index contributed by atoms with van der Waals surface area (Å²) in [7, 11) is 2.84. The normalized spacial score (nSPS) is 10.2. The number of carbonyl (C=O) groups is 3. The van der Waals surface area contributed by atoms with Crippen molar-refractivity contribution in [2.24, 2.45) is 0 Å². The maximum Gasteiger partial charge on any atom is 0.309 e. The van der Waals surface area contributed by atoms with E-state index in [2.05, 4.69) is 0 Å². The first kappa shape index (κ1) is 20.4. The number of carboxylic acid groups (broad SMARTS) is 1. The van der Waals surface area contributed by atoms with Gasteiger partial charge in [0.1, 0.15) is 13.2 Å². The molecule has 0 spiro atoms. The number of rotatable bonds is 12. The predicted octanol–water partition coefficient (Wildman–Crippen LogP) is 2.91. The second-order valence-corrected chi connectivity index (χ2v) is 7.36.